The third-order valence-electron chi connectivity index (χ3n) is 4.29. The van der Waals surface area contributed by atoms with Crippen LogP contribution < -0.4 is 4.74 Å². The van der Waals surface area contributed by atoms with Crippen molar-refractivity contribution >= 4 is 11.6 Å². The van der Waals surface area contributed by atoms with Crippen molar-refractivity contribution in [3.8, 4) is 11.5 Å². The Bertz CT molecular complexity index is 444. The van der Waals surface area contributed by atoms with Gasteiger partial charge in [-0.1, -0.05) is 38.5 Å². The Morgan fingerprint density at radius 3 is 2.00 bits per heavy atom. The van der Waals surface area contributed by atoms with E-state index in [1.54, 1.807) is 0 Å². The van der Waals surface area contributed by atoms with Crippen molar-refractivity contribution in [1.29, 1.82) is 0 Å². The standard InChI is InChI=1S/C19H31ClO2/c1-15-14-18(16(2)17(3)19(15)21)22-13-11-9-7-5-4-6-8-10-12-20/h14,21H,4-13H2,1-3H3. The Kier molecular flexibility index (Phi) is 9.38. The predicted molar refractivity (Wildman–Crippen MR) is 95.5 cm³/mol. The van der Waals surface area contributed by atoms with Crippen LogP contribution in [0.4, 0.5) is 0 Å². The highest BCUT2D eigenvalue weighted by atomic mass is 35.5. The molecule has 0 fully saturated rings. The third-order valence-corrected chi connectivity index (χ3v) is 4.56. The van der Waals surface area contributed by atoms with Crippen LogP contribution in [0.1, 0.15) is 68.1 Å². The number of hydrogen-bond acceptors (Lipinski definition) is 2. The van der Waals surface area contributed by atoms with Crippen molar-refractivity contribution in [2.24, 2.45) is 0 Å². The molecule has 1 aromatic carbocycles. The third kappa shape index (κ3) is 6.48. The van der Waals surface area contributed by atoms with Crippen molar-refractivity contribution in [2.75, 3.05) is 12.5 Å². The highest BCUT2D eigenvalue weighted by Gasteiger charge is 2.09. The van der Waals surface area contributed by atoms with E-state index in [0.29, 0.717) is 5.75 Å². The first kappa shape index (κ1) is 19.2. The summed E-state index contributed by atoms with van der Waals surface area (Å²) >= 11 is 5.66. The van der Waals surface area contributed by atoms with Crippen LogP contribution in [0.2, 0.25) is 0 Å². The van der Waals surface area contributed by atoms with Crippen LogP contribution in [0.25, 0.3) is 0 Å². The van der Waals surface area contributed by atoms with Gasteiger partial charge in [0.05, 0.1) is 6.61 Å². The van der Waals surface area contributed by atoms with Gasteiger partial charge in [0.25, 0.3) is 0 Å². The number of halogens is 1. The smallest absolute Gasteiger partial charge is 0.122 e. The van der Waals surface area contributed by atoms with Gasteiger partial charge in [0, 0.05) is 5.88 Å². The average molecular weight is 327 g/mol. The molecule has 0 aromatic heterocycles. The van der Waals surface area contributed by atoms with Crippen molar-refractivity contribution in [1.82, 2.24) is 0 Å². The summed E-state index contributed by atoms with van der Waals surface area (Å²) in [5.41, 5.74) is 2.85. The minimum Gasteiger partial charge on any atom is -0.507 e. The molecular weight excluding hydrogens is 296 g/mol. The van der Waals surface area contributed by atoms with E-state index < -0.39 is 0 Å². The predicted octanol–water partition coefficient (Wildman–Crippen LogP) is 6.06. The molecule has 0 aliphatic carbocycles. The molecule has 3 heteroatoms. The lowest BCUT2D eigenvalue weighted by Crippen LogP contribution is -2.01. The normalized spacial score (nSPS) is 10.9. The molecule has 1 N–H and O–H groups in total. The molecule has 0 atom stereocenters. The maximum atomic E-state index is 9.89. The highest BCUT2D eigenvalue weighted by Crippen LogP contribution is 2.32. The number of benzene rings is 1. The fourth-order valence-corrected chi connectivity index (χ4v) is 2.81. The van der Waals surface area contributed by atoms with Crippen LogP contribution in [-0.4, -0.2) is 17.6 Å². The molecule has 126 valence electrons. The number of ether oxygens (including phenoxy) is 1. The SMILES string of the molecule is Cc1cc(OCCCCCCCCCCCl)c(C)c(C)c1O. The number of aryl methyl sites for hydroxylation is 1. The van der Waals surface area contributed by atoms with Crippen molar-refractivity contribution in [2.45, 2.75) is 72.1 Å². The molecule has 0 saturated heterocycles. The molecule has 0 spiro atoms. The molecule has 1 rings (SSSR count). The summed E-state index contributed by atoms with van der Waals surface area (Å²) in [5, 5.41) is 9.89. The first-order valence-corrected chi connectivity index (χ1v) is 9.10. The molecule has 0 amide bonds. The molecule has 0 unspecified atom stereocenters. The second-order valence-corrected chi connectivity index (χ2v) is 6.53. The minimum atomic E-state index is 0.388. The number of phenols is 1. The summed E-state index contributed by atoms with van der Waals surface area (Å²) in [6, 6.07) is 1.94. The van der Waals surface area contributed by atoms with E-state index in [9.17, 15) is 5.11 Å². The monoisotopic (exact) mass is 326 g/mol. The maximum absolute atomic E-state index is 9.89. The largest absolute Gasteiger partial charge is 0.507 e. The molecule has 22 heavy (non-hydrogen) atoms. The van der Waals surface area contributed by atoms with Gasteiger partial charge in [-0.3, -0.25) is 0 Å². The first-order valence-electron chi connectivity index (χ1n) is 8.56. The summed E-state index contributed by atoms with van der Waals surface area (Å²) in [5.74, 6) is 2.10. The summed E-state index contributed by atoms with van der Waals surface area (Å²) < 4.78 is 5.89. The van der Waals surface area contributed by atoms with Gasteiger partial charge in [-0.15, -0.1) is 11.6 Å². The van der Waals surface area contributed by atoms with Gasteiger partial charge in [0.1, 0.15) is 11.5 Å². The number of phenolic OH excluding ortho intramolecular Hbond substituents is 1. The zero-order valence-corrected chi connectivity index (χ0v) is 15.1. The summed E-state index contributed by atoms with van der Waals surface area (Å²) in [7, 11) is 0. The molecule has 0 radical (unpaired) electrons. The second-order valence-electron chi connectivity index (χ2n) is 6.16. The van der Waals surface area contributed by atoms with Gasteiger partial charge >= 0.3 is 0 Å². The topological polar surface area (TPSA) is 29.5 Å². The van der Waals surface area contributed by atoms with E-state index in [0.717, 1.165) is 47.8 Å². The number of unbranched alkanes of at least 4 members (excludes halogenated alkanes) is 7. The van der Waals surface area contributed by atoms with Gasteiger partial charge in [-0.25, -0.2) is 0 Å². The van der Waals surface area contributed by atoms with Gasteiger partial charge in [0.15, 0.2) is 0 Å². The molecule has 0 aliphatic heterocycles. The molecular formula is C19H31ClO2. The first-order chi connectivity index (χ1) is 10.6. The van der Waals surface area contributed by atoms with E-state index in [-0.39, 0.29) is 0 Å². The van der Waals surface area contributed by atoms with E-state index in [1.807, 2.05) is 26.8 Å². The van der Waals surface area contributed by atoms with E-state index >= 15 is 0 Å². The summed E-state index contributed by atoms with van der Waals surface area (Å²) in [6.45, 7) is 6.62. The second kappa shape index (κ2) is 10.8. The van der Waals surface area contributed by atoms with Gasteiger partial charge in [0.2, 0.25) is 0 Å². The van der Waals surface area contributed by atoms with Crippen LogP contribution in [0.15, 0.2) is 6.07 Å². The quantitative estimate of drug-likeness (QED) is 0.396. The van der Waals surface area contributed by atoms with Crippen molar-refractivity contribution in [3.63, 3.8) is 0 Å². The lowest BCUT2D eigenvalue weighted by molar-refractivity contribution is 0.301. The van der Waals surface area contributed by atoms with Crippen molar-refractivity contribution in [3.05, 3.63) is 22.8 Å². The highest BCUT2D eigenvalue weighted by molar-refractivity contribution is 6.17. The number of alkyl halides is 1. The minimum absolute atomic E-state index is 0.388. The van der Waals surface area contributed by atoms with E-state index in [2.05, 4.69) is 0 Å². The van der Waals surface area contributed by atoms with Gasteiger partial charge in [-0.05, 0) is 56.4 Å². The Balaban J connectivity index is 2.15. The Morgan fingerprint density at radius 2 is 1.41 bits per heavy atom. The Labute approximate surface area is 140 Å². The zero-order valence-electron chi connectivity index (χ0n) is 14.4. The van der Waals surface area contributed by atoms with Crippen LogP contribution in [-0.2, 0) is 0 Å². The zero-order chi connectivity index (χ0) is 16.4. The Morgan fingerprint density at radius 1 is 0.864 bits per heavy atom. The Hall–Kier alpha value is -0.890. The molecule has 0 saturated carbocycles. The van der Waals surface area contributed by atoms with Crippen LogP contribution in [0.3, 0.4) is 0 Å². The molecule has 2 nitrogen and oxygen atoms in total. The van der Waals surface area contributed by atoms with Crippen LogP contribution in [0.5, 0.6) is 11.5 Å². The number of rotatable bonds is 11. The van der Waals surface area contributed by atoms with Crippen LogP contribution in [0, 0.1) is 20.8 Å². The lowest BCUT2D eigenvalue weighted by atomic mass is 10.0. The average Bonchev–Trinajstić information content (AvgIpc) is 2.51. The van der Waals surface area contributed by atoms with Crippen LogP contribution >= 0.6 is 11.6 Å². The van der Waals surface area contributed by atoms with Gasteiger partial charge in [-0.2, -0.15) is 0 Å². The summed E-state index contributed by atoms with van der Waals surface area (Å²) in [6.07, 6.45) is 9.99. The van der Waals surface area contributed by atoms with E-state index in [1.165, 1.54) is 38.5 Å². The lowest BCUT2D eigenvalue weighted by Gasteiger charge is -2.14. The van der Waals surface area contributed by atoms with E-state index in [4.69, 9.17) is 16.3 Å². The number of aromatic hydroxyl groups is 1. The maximum Gasteiger partial charge on any atom is 0.122 e. The van der Waals surface area contributed by atoms with Crippen molar-refractivity contribution < 1.29 is 9.84 Å². The fraction of sp³-hybridized carbons (Fsp3) is 0.684. The fourth-order valence-electron chi connectivity index (χ4n) is 2.62. The number of hydrogen-bond donors (Lipinski definition) is 1. The van der Waals surface area contributed by atoms with Gasteiger partial charge < -0.3 is 9.84 Å². The molecule has 0 aliphatic rings. The summed E-state index contributed by atoms with van der Waals surface area (Å²) in [4.78, 5) is 0. The molecule has 0 bridgehead atoms. The molecule has 1 aromatic rings. The molecule has 0 heterocycles.